The second kappa shape index (κ2) is 12.9. The van der Waals surface area contributed by atoms with E-state index in [0.29, 0.717) is 0 Å². The van der Waals surface area contributed by atoms with Crippen molar-refractivity contribution in [1.82, 2.24) is 19.1 Å². The molecule has 4 rings (SSSR count). The highest BCUT2D eigenvalue weighted by molar-refractivity contribution is 9.09. The van der Waals surface area contributed by atoms with E-state index in [1.165, 1.54) is 12.3 Å². The van der Waals surface area contributed by atoms with Gasteiger partial charge in [-0.3, -0.25) is 28.7 Å². The summed E-state index contributed by atoms with van der Waals surface area (Å²) in [5, 5.41) is 28.6. The summed E-state index contributed by atoms with van der Waals surface area (Å²) >= 11 is 6.29. The van der Waals surface area contributed by atoms with E-state index in [0.717, 1.165) is 21.4 Å². The molecular formula is C18H21Br2N4O13P. The summed E-state index contributed by atoms with van der Waals surface area (Å²) in [4.78, 5) is 76.3. The van der Waals surface area contributed by atoms with Crippen LogP contribution in [0.1, 0.15) is 12.5 Å². The van der Waals surface area contributed by atoms with Crippen LogP contribution < -0.4 is 22.5 Å². The molecule has 2 aliphatic heterocycles. The van der Waals surface area contributed by atoms with Crippen LogP contribution in [0.5, 0.6) is 0 Å². The Balaban J connectivity index is 0.000000215. The number of hydrogen-bond acceptors (Lipinski definition) is 13. The third kappa shape index (κ3) is 6.74. The van der Waals surface area contributed by atoms with Gasteiger partial charge in [0.2, 0.25) is 6.29 Å². The minimum atomic E-state index is -2.97. The van der Waals surface area contributed by atoms with Gasteiger partial charge in [-0.15, -0.1) is 0 Å². The van der Waals surface area contributed by atoms with E-state index < -0.39 is 83.3 Å². The Labute approximate surface area is 228 Å². The number of alkyl halides is 2. The lowest BCUT2D eigenvalue weighted by molar-refractivity contribution is -0.139. The lowest BCUT2D eigenvalue weighted by Gasteiger charge is -2.16. The zero-order chi connectivity index (χ0) is 28.3. The van der Waals surface area contributed by atoms with E-state index >= 15 is 0 Å². The monoisotopic (exact) mass is 690 g/mol. The predicted molar refractivity (Wildman–Crippen MR) is 133 cm³/mol. The molecule has 0 bridgehead atoms. The highest BCUT2D eigenvalue weighted by Gasteiger charge is 2.46. The van der Waals surface area contributed by atoms with Crippen molar-refractivity contribution in [2.24, 2.45) is 0 Å². The van der Waals surface area contributed by atoms with E-state index in [9.17, 15) is 34.2 Å². The predicted octanol–water partition coefficient (Wildman–Crippen LogP) is -2.50. The molecule has 0 amide bonds. The highest BCUT2D eigenvalue weighted by Crippen LogP contribution is 2.37. The SMILES string of the molecule is O=C(O[C@H]1O[C@@H](n2ccc(=O)[nH]c2=O)[C@H](Br)[C@@H]1O)P(O)O.O=c1ccn([C@@H]2O[C@H](CO)[C@@H](O)[C@H]2Br)c(=O)[nH]1. The number of nitrogens with one attached hydrogen (secondary N) is 2. The molecule has 2 aliphatic rings. The number of carbonyl (C=O) groups excluding carboxylic acids is 1. The number of H-pyrrole nitrogens is 2. The number of aromatic amines is 2. The number of hydrogen-bond donors (Lipinski definition) is 7. The topological polar surface area (TPSA) is 256 Å². The maximum Gasteiger partial charge on any atom is 0.386 e. The normalized spacial score (nSPS) is 30.6. The average molecular weight is 692 g/mol. The van der Waals surface area contributed by atoms with Crippen LogP contribution in [0.4, 0.5) is 4.79 Å². The average Bonchev–Trinajstić information content (AvgIpc) is 3.29. The van der Waals surface area contributed by atoms with Gasteiger partial charge < -0.3 is 39.3 Å². The van der Waals surface area contributed by atoms with Crippen molar-refractivity contribution in [1.29, 1.82) is 0 Å². The molecule has 20 heteroatoms. The number of aromatic nitrogens is 4. The summed E-state index contributed by atoms with van der Waals surface area (Å²) in [5.74, 6) is 0. The zero-order valence-corrected chi connectivity index (χ0v) is 22.8. The van der Waals surface area contributed by atoms with Crippen molar-refractivity contribution in [3.8, 4) is 0 Å². The molecule has 210 valence electrons. The Morgan fingerprint density at radius 3 is 1.82 bits per heavy atom. The van der Waals surface area contributed by atoms with Crippen LogP contribution in [0.25, 0.3) is 0 Å². The lowest BCUT2D eigenvalue weighted by Crippen LogP contribution is -2.35. The molecule has 38 heavy (non-hydrogen) atoms. The molecule has 17 nitrogen and oxygen atoms in total. The van der Waals surface area contributed by atoms with Crippen molar-refractivity contribution in [3.05, 3.63) is 66.2 Å². The van der Waals surface area contributed by atoms with Crippen molar-refractivity contribution in [2.45, 2.75) is 46.7 Å². The van der Waals surface area contributed by atoms with E-state index in [4.69, 9.17) is 24.4 Å². The molecule has 2 fully saturated rings. The number of aliphatic hydroxyl groups is 3. The first-order valence-electron chi connectivity index (χ1n) is 10.4. The van der Waals surface area contributed by atoms with Crippen LogP contribution in [0, 0.1) is 0 Å². The standard InChI is InChI=1S/C9H10BrN2O8P.C9H11BrN2O5/c10-4-5(14)7(20-9(16)21(17)18)19-6(4)12-2-1-3(13)11-8(12)15;10-6-7(15)4(3-13)17-8(6)12-2-1-5(14)11-9(12)16/h1-2,4-7,14,17-18H,(H,11,13,15);1-2,4,6-8,13,15H,3H2,(H,11,14,16)/t4-,5+,6-,7-;4-,6-,7-,8-/m11/s1. The van der Waals surface area contributed by atoms with Crippen LogP contribution in [0.3, 0.4) is 0 Å². The van der Waals surface area contributed by atoms with Crippen LogP contribution in [0.2, 0.25) is 0 Å². The maximum absolute atomic E-state index is 11.7. The van der Waals surface area contributed by atoms with Crippen molar-refractivity contribution in [3.63, 3.8) is 0 Å². The fourth-order valence-electron chi connectivity index (χ4n) is 3.41. The van der Waals surface area contributed by atoms with E-state index in [-0.39, 0.29) is 6.61 Å². The molecule has 0 aromatic carbocycles. The summed E-state index contributed by atoms with van der Waals surface area (Å²) in [7, 11) is -2.97. The Kier molecular flexibility index (Phi) is 10.3. The second-order valence-corrected chi connectivity index (χ2v) is 10.8. The first-order valence-corrected chi connectivity index (χ1v) is 13.5. The number of ether oxygens (including phenoxy) is 3. The molecule has 2 aromatic rings. The summed E-state index contributed by atoms with van der Waals surface area (Å²) in [6.07, 6.45) is -3.93. The number of nitrogens with zero attached hydrogens (tertiary/aromatic N) is 2. The van der Waals surface area contributed by atoms with Crippen LogP contribution in [0.15, 0.2) is 43.7 Å². The highest BCUT2D eigenvalue weighted by atomic mass is 79.9. The summed E-state index contributed by atoms with van der Waals surface area (Å²) in [5.41, 5.74) is -3.85. The van der Waals surface area contributed by atoms with Gasteiger partial charge in [0.05, 0.1) is 22.4 Å². The van der Waals surface area contributed by atoms with Gasteiger partial charge >= 0.3 is 17.1 Å². The van der Waals surface area contributed by atoms with Crippen LogP contribution in [-0.4, -0.2) is 90.8 Å². The number of rotatable bonds is 5. The minimum absolute atomic E-state index is 0.349. The fraction of sp³-hybridized carbons (Fsp3) is 0.500. The van der Waals surface area contributed by atoms with E-state index in [1.807, 2.05) is 4.98 Å². The summed E-state index contributed by atoms with van der Waals surface area (Å²) in [6.45, 7) is -0.349. The van der Waals surface area contributed by atoms with Gasteiger partial charge in [-0.05, 0) is 0 Å². The third-order valence-electron chi connectivity index (χ3n) is 5.26. The van der Waals surface area contributed by atoms with E-state index in [1.54, 1.807) is 0 Å². The van der Waals surface area contributed by atoms with Crippen LogP contribution >= 0.6 is 40.2 Å². The van der Waals surface area contributed by atoms with Crippen LogP contribution in [-0.2, 0) is 14.2 Å². The molecule has 8 atom stereocenters. The molecular weight excluding hydrogens is 671 g/mol. The molecule has 7 N–H and O–H groups in total. The maximum atomic E-state index is 11.7. The Hall–Kier alpha value is -2.06. The smallest absolute Gasteiger partial charge is 0.386 e. The number of aliphatic hydroxyl groups excluding tert-OH is 3. The first-order chi connectivity index (χ1) is 17.8. The molecule has 0 unspecified atom stereocenters. The van der Waals surface area contributed by atoms with Crippen molar-refractivity contribution < 1.29 is 44.1 Å². The number of halogens is 2. The molecule has 4 heterocycles. The molecule has 2 aromatic heterocycles. The fourth-order valence-corrected chi connectivity index (χ4v) is 4.96. The molecule has 0 spiro atoms. The second-order valence-electron chi connectivity index (χ2n) is 7.72. The van der Waals surface area contributed by atoms with Gasteiger partial charge in [0.15, 0.2) is 12.5 Å². The molecule has 0 saturated carbocycles. The third-order valence-corrected chi connectivity index (χ3v) is 7.68. The van der Waals surface area contributed by atoms with Gasteiger partial charge in [0, 0.05) is 24.5 Å². The van der Waals surface area contributed by atoms with E-state index in [2.05, 4.69) is 41.6 Å². The Bertz CT molecular complexity index is 1360. The Morgan fingerprint density at radius 2 is 1.39 bits per heavy atom. The van der Waals surface area contributed by atoms with Crippen molar-refractivity contribution >= 4 is 45.9 Å². The lowest BCUT2D eigenvalue weighted by atomic mass is 10.2. The molecule has 0 radical (unpaired) electrons. The van der Waals surface area contributed by atoms with Gasteiger partial charge in [0.25, 0.3) is 19.5 Å². The van der Waals surface area contributed by atoms with Gasteiger partial charge in [-0.25, -0.2) is 14.4 Å². The summed E-state index contributed by atoms with van der Waals surface area (Å²) < 4.78 is 17.2. The van der Waals surface area contributed by atoms with Gasteiger partial charge in [-0.2, -0.15) is 0 Å². The van der Waals surface area contributed by atoms with Crippen molar-refractivity contribution in [2.75, 3.05) is 6.61 Å². The first kappa shape index (κ1) is 30.5. The Morgan fingerprint density at radius 1 is 0.921 bits per heavy atom. The molecule has 0 aliphatic carbocycles. The largest absolute Gasteiger partial charge is 0.426 e. The summed E-state index contributed by atoms with van der Waals surface area (Å²) in [6, 6.07) is 2.26. The van der Waals surface area contributed by atoms with Gasteiger partial charge in [-0.1, -0.05) is 31.9 Å². The zero-order valence-electron chi connectivity index (χ0n) is 18.7. The number of carbonyl (C=O) groups is 1. The van der Waals surface area contributed by atoms with Gasteiger partial charge in [0.1, 0.15) is 12.2 Å². The minimum Gasteiger partial charge on any atom is -0.426 e. The molecule has 2 saturated heterocycles. The quantitative estimate of drug-likeness (QED) is 0.127.